The molecule has 0 bridgehead atoms. The summed E-state index contributed by atoms with van der Waals surface area (Å²) in [4.78, 5) is 62.9. The van der Waals surface area contributed by atoms with E-state index in [-0.39, 0.29) is 40.5 Å². The predicted octanol–water partition coefficient (Wildman–Crippen LogP) is -2.60. The zero-order valence-corrected chi connectivity index (χ0v) is 18.5. The second-order valence-electron chi connectivity index (χ2n) is 7.21. The van der Waals surface area contributed by atoms with E-state index in [1.54, 1.807) is 0 Å². The first-order valence-electron chi connectivity index (χ1n) is 9.41. The molecule has 0 atom stereocenters. The molecular weight excluding hydrogens is 440 g/mol. The van der Waals surface area contributed by atoms with Crippen LogP contribution in [-0.2, 0) is 41.3 Å². The molecular formula is C17H20N10O4S. The summed E-state index contributed by atoms with van der Waals surface area (Å²) in [5.74, 6) is 0.842. The number of thiocarbonyl (C=S) groups is 1. The Morgan fingerprint density at radius 1 is 0.750 bits per heavy atom. The first-order chi connectivity index (χ1) is 15.1. The second kappa shape index (κ2) is 7.60. The summed E-state index contributed by atoms with van der Waals surface area (Å²) >= 11 is 5.25. The third kappa shape index (κ3) is 3.31. The van der Waals surface area contributed by atoms with Gasteiger partial charge in [0.15, 0.2) is 16.4 Å². The lowest BCUT2D eigenvalue weighted by Gasteiger charge is -2.07. The van der Waals surface area contributed by atoms with Crippen molar-refractivity contribution in [2.75, 3.05) is 0 Å². The van der Waals surface area contributed by atoms with Crippen molar-refractivity contribution in [3.8, 4) is 0 Å². The second-order valence-corrected chi connectivity index (χ2v) is 7.62. The van der Waals surface area contributed by atoms with E-state index in [1.807, 2.05) is 0 Å². The summed E-state index contributed by atoms with van der Waals surface area (Å²) in [6.45, 7) is 0.347. The maximum absolute atomic E-state index is 12.2. The van der Waals surface area contributed by atoms with E-state index in [1.165, 1.54) is 37.3 Å². The van der Waals surface area contributed by atoms with E-state index in [2.05, 4.69) is 30.6 Å². The van der Waals surface area contributed by atoms with Crippen molar-refractivity contribution in [2.45, 2.75) is 13.1 Å². The van der Waals surface area contributed by atoms with Gasteiger partial charge in [-0.2, -0.15) is 0 Å². The Hall–Kier alpha value is -4.01. The molecule has 4 aromatic heterocycles. The molecule has 0 aliphatic rings. The van der Waals surface area contributed by atoms with Gasteiger partial charge in [0, 0.05) is 28.2 Å². The first kappa shape index (κ1) is 21.2. The van der Waals surface area contributed by atoms with Crippen LogP contribution in [-0.4, -0.2) is 43.3 Å². The van der Waals surface area contributed by atoms with Gasteiger partial charge in [-0.1, -0.05) is 0 Å². The smallest absolute Gasteiger partial charge is 0.332 e. The van der Waals surface area contributed by atoms with Crippen LogP contribution in [0.4, 0.5) is 0 Å². The zero-order chi connectivity index (χ0) is 23.3. The van der Waals surface area contributed by atoms with E-state index in [9.17, 15) is 19.2 Å². The van der Waals surface area contributed by atoms with Gasteiger partial charge < -0.3 is 20.6 Å². The number of aromatic amines is 2. The van der Waals surface area contributed by atoms with Crippen LogP contribution in [0, 0.1) is 0 Å². The molecule has 0 radical (unpaired) electrons. The lowest BCUT2D eigenvalue weighted by atomic mass is 10.5. The van der Waals surface area contributed by atoms with Gasteiger partial charge in [0.1, 0.15) is 22.7 Å². The van der Waals surface area contributed by atoms with Gasteiger partial charge >= 0.3 is 11.4 Å². The molecule has 0 aliphatic carbocycles. The van der Waals surface area contributed by atoms with Crippen LogP contribution in [0.2, 0.25) is 0 Å². The number of nitrogens with one attached hydrogen (secondary N) is 4. The largest absolute Gasteiger partial charge is 0.356 e. The fourth-order valence-electron chi connectivity index (χ4n) is 3.31. The lowest BCUT2D eigenvalue weighted by molar-refractivity contribution is 0.708. The third-order valence-electron chi connectivity index (χ3n) is 5.12. The molecule has 0 unspecified atom stereocenters. The Morgan fingerprint density at radius 3 is 1.50 bits per heavy atom. The van der Waals surface area contributed by atoms with Crippen LogP contribution < -0.4 is 33.1 Å². The summed E-state index contributed by atoms with van der Waals surface area (Å²) in [6, 6.07) is 0. The van der Waals surface area contributed by atoms with Crippen molar-refractivity contribution in [1.82, 2.24) is 48.8 Å². The van der Waals surface area contributed by atoms with Gasteiger partial charge in [0.2, 0.25) is 0 Å². The highest BCUT2D eigenvalue weighted by Gasteiger charge is 2.15. The average molecular weight is 460 g/mol. The van der Waals surface area contributed by atoms with E-state index in [4.69, 9.17) is 12.2 Å². The highest BCUT2D eigenvalue weighted by Crippen LogP contribution is 2.05. The topological polar surface area (TPSA) is 169 Å². The summed E-state index contributed by atoms with van der Waals surface area (Å²) in [6.07, 6.45) is 0. The Bertz CT molecular complexity index is 1510. The van der Waals surface area contributed by atoms with E-state index in [0.29, 0.717) is 11.6 Å². The molecule has 168 valence electrons. The average Bonchev–Trinajstić information content (AvgIpc) is 3.41. The van der Waals surface area contributed by atoms with Gasteiger partial charge in [0.25, 0.3) is 11.1 Å². The normalized spacial score (nSPS) is 11.4. The molecule has 32 heavy (non-hydrogen) atoms. The van der Waals surface area contributed by atoms with Crippen molar-refractivity contribution < 1.29 is 0 Å². The number of hydrogen-bond acceptors (Lipinski definition) is 7. The Morgan fingerprint density at radius 2 is 1.12 bits per heavy atom. The number of aryl methyl sites for hydroxylation is 2. The molecule has 0 aromatic carbocycles. The minimum absolute atomic E-state index is 0.174. The number of aromatic nitrogens is 8. The van der Waals surface area contributed by atoms with Crippen molar-refractivity contribution in [3.05, 3.63) is 53.3 Å². The molecule has 0 aliphatic heterocycles. The van der Waals surface area contributed by atoms with Gasteiger partial charge in [0.05, 0.1) is 13.1 Å². The third-order valence-corrected chi connectivity index (χ3v) is 5.41. The minimum atomic E-state index is -0.469. The molecule has 0 saturated carbocycles. The van der Waals surface area contributed by atoms with E-state index in [0.717, 1.165) is 9.13 Å². The molecule has 0 spiro atoms. The van der Waals surface area contributed by atoms with Crippen molar-refractivity contribution in [2.24, 2.45) is 28.2 Å². The molecule has 4 rings (SSSR count). The van der Waals surface area contributed by atoms with Crippen LogP contribution >= 0.6 is 12.2 Å². The van der Waals surface area contributed by atoms with Gasteiger partial charge in [-0.15, -0.1) is 0 Å². The quantitative estimate of drug-likeness (QED) is 0.239. The molecule has 0 saturated heterocycles. The first-order valence-corrected chi connectivity index (χ1v) is 9.82. The van der Waals surface area contributed by atoms with Crippen LogP contribution in [0.5, 0.6) is 0 Å². The number of fused-ring (bicyclic) bond motifs is 2. The Labute approximate surface area is 183 Å². The maximum atomic E-state index is 12.2. The number of hydrogen-bond donors (Lipinski definition) is 4. The molecule has 4 N–H and O–H groups in total. The minimum Gasteiger partial charge on any atom is -0.356 e. The fraction of sp³-hybridized carbons (Fsp3) is 0.353. The van der Waals surface area contributed by atoms with Crippen LogP contribution in [0.25, 0.3) is 22.3 Å². The number of imidazole rings is 2. The van der Waals surface area contributed by atoms with Gasteiger partial charge in [-0.05, 0) is 12.2 Å². The standard InChI is InChI=1S/C17H20N10O4S/c1-24-11-9(13(28)26(3)16(24)30)20-7(22-11)5-18-15(32)19-6-8-21-10-12(23-8)25(2)17(31)27(4)14(10)29/h5-6H2,1-4H3,(H,20,22)(H,21,23)(H2,18,19,32). The van der Waals surface area contributed by atoms with Crippen molar-refractivity contribution in [3.63, 3.8) is 0 Å². The maximum Gasteiger partial charge on any atom is 0.332 e. The molecule has 0 amide bonds. The van der Waals surface area contributed by atoms with Gasteiger partial charge in [-0.3, -0.25) is 27.9 Å². The van der Waals surface area contributed by atoms with Crippen LogP contribution in [0.1, 0.15) is 11.6 Å². The highest BCUT2D eigenvalue weighted by atomic mass is 32.1. The van der Waals surface area contributed by atoms with Crippen molar-refractivity contribution >= 4 is 39.7 Å². The summed E-state index contributed by atoms with van der Waals surface area (Å²) < 4.78 is 4.57. The number of rotatable bonds is 4. The fourth-order valence-corrected chi connectivity index (χ4v) is 3.45. The molecule has 15 heteroatoms. The zero-order valence-electron chi connectivity index (χ0n) is 17.6. The predicted molar refractivity (Wildman–Crippen MR) is 119 cm³/mol. The van der Waals surface area contributed by atoms with Crippen LogP contribution in [0.3, 0.4) is 0 Å². The SMILES string of the molecule is Cn1c(=O)c2[nH]c(CNC(=S)NCc3nc4c([nH]3)c(=O)n(C)c(=O)n4C)nc2n(C)c1=O. The van der Waals surface area contributed by atoms with Crippen molar-refractivity contribution in [1.29, 1.82) is 0 Å². The van der Waals surface area contributed by atoms with Crippen LogP contribution in [0.15, 0.2) is 19.2 Å². The summed E-state index contributed by atoms with van der Waals surface area (Å²) in [5, 5.41) is 6.15. The summed E-state index contributed by atoms with van der Waals surface area (Å²) in [5.41, 5.74) is -0.917. The molecule has 0 fully saturated rings. The summed E-state index contributed by atoms with van der Waals surface area (Å²) in [7, 11) is 5.86. The lowest BCUT2D eigenvalue weighted by Crippen LogP contribution is -2.36. The van der Waals surface area contributed by atoms with E-state index >= 15 is 0 Å². The highest BCUT2D eigenvalue weighted by molar-refractivity contribution is 7.80. The number of H-pyrrole nitrogens is 2. The Kier molecular flexibility index (Phi) is 5.04. The molecule has 4 aromatic rings. The van der Waals surface area contributed by atoms with E-state index < -0.39 is 22.5 Å². The monoisotopic (exact) mass is 460 g/mol. The Balaban J connectivity index is 1.46. The van der Waals surface area contributed by atoms with Gasteiger partial charge in [-0.25, -0.2) is 19.6 Å². The molecule has 4 heterocycles. The number of nitrogens with zero attached hydrogens (tertiary/aromatic N) is 6. The molecule has 14 nitrogen and oxygen atoms in total.